The van der Waals surface area contributed by atoms with Gasteiger partial charge in [-0.2, -0.15) is 0 Å². The molecule has 0 aliphatic heterocycles. The summed E-state index contributed by atoms with van der Waals surface area (Å²) in [5.41, 5.74) is 2.39. The van der Waals surface area contributed by atoms with Gasteiger partial charge in [-0.25, -0.2) is 9.97 Å². The lowest BCUT2D eigenvalue weighted by Gasteiger charge is -2.22. The lowest BCUT2D eigenvalue weighted by Crippen LogP contribution is -2.21. The monoisotopic (exact) mass is 462 g/mol. The molecule has 34 heavy (non-hydrogen) atoms. The summed E-state index contributed by atoms with van der Waals surface area (Å²) in [4.78, 5) is 21.9. The molecular formula is C26H30N4O4. The van der Waals surface area contributed by atoms with Crippen LogP contribution in [0.25, 0.3) is 17.1 Å². The van der Waals surface area contributed by atoms with Crippen molar-refractivity contribution in [3.05, 3.63) is 71.5 Å². The van der Waals surface area contributed by atoms with E-state index in [1.165, 1.54) is 6.26 Å². The first kappa shape index (κ1) is 23.7. The number of fused-ring (bicyclic) bond motifs is 1. The number of rotatable bonds is 7. The Morgan fingerprint density at radius 2 is 1.88 bits per heavy atom. The third-order valence-corrected chi connectivity index (χ3v) is 5.54. The summed E-state index contributed by atoms with van der Waals surface area (Å²) >= 11 is 0. The van der Waals surface area contributed by atoms with Crippen molar-refractivity contribution < 1.29 is 19.4 Å². The van der Waals surface area contributed by atoms with Crippen molar-refractivity contribution in [3.63, 3.8) is 0 Å². The Morgan fingerprint density at radius 3 is 2.56 bits per heavy atom. The average molecular weight is 463 g/mol. The van der Waals surface area contributed by atoms with E-state index in [-0.39, 0.29) is 5.69 Å². The summed E-state index contributed by atoms with van der Waals surface area (Å²) in [6.07, 6.45) is 6.07. The minimum Gasteiger partial charge on any atom is -0.444 e. The summed E-state index contributed by atoms with van der Waals surface area (Å²) in [5.74, 6) is -0.0899. The van der Waals surface area contributed by atoms with Crippen molar-refractivity contribution in [3.8, 4) is 11.5 Å². The van der Waals surface area contributed by atoms with E-state index in [1.54, 1.807) is 44.4 Å². The van der Waals surface area contributed by atoms with Gasteiger partial charge in [0.25, 0.3) is 5.91 Å². The fraction of sp³-hybridized carbons (Fsp3) is 0.346. The Hall–Kier alpha value is -3.49. The highest BCUT2D eigenvalue weighted by molar-refractivity contribution is 6.03. The highest BCUT2D eigenvalue weighted by Gasteiger charge is 2.24. The van der Waals surface area contributed by atoms with Gasteiger partial charge in [0.05, 0.1) is 22.6 Å². The van der Waals surface area contributed by atoms with E-state index in [0.717, 1.165) is 16.8 Å². The zero-order valence-corrected chi connectivity index (χ0v) is 20.1. The number of nitrogens with one attached hydrogen (secondary N) is 1. The normalized spacial score (nSPS) is 12.3. The van der Waals surface area contributed by atoms with Gasteiger partial charge in [-0.3, -0.25) is 4.79 Å². The maximum absolute atomic E-state index is 13.0. The van der Waals surface area contributed by atoms with Gasteiger partial charge < -0.3 is 24.3 Å². The minimum absolute atomic E-state index is 0.134. The maximum atomic E-state index is 13.0. The number of carbonyl (C=O) groups is 1. The molecular weight excluding hydrogens is 432 g/mol. The van der Waals surface area contributed by atoms with Gasteiger partial charge in [-0.05, 0) is 65.7 Å². The molecule has 0 saturated carbocycles. The number of amides is 1. The lowest BCUT2D eigenvalue weighted by atomic mass is 9.97. The molecule has 3 heterocycles. The highest BCUT2D eigenvalue weighted by Crippen LogP contribution is 2.30. The Labute approximate surface area is 198 Å². The number of hydrogen-bond acceptors (Lipinski definition) is 6. The zero-order chi connectivity index (χ0) is 24.7. The van der Waals surface area contributed by atoms with Crippen LogP contribution in [0.5, 0.6) is 0 Å². The Bertz CT molecular complexity index is 1340. The maximum Gasteiger partial charge on any atom is 0.277 e. The number of hydrogen-bond donors (Lipinski definition) is 3. The quantitative estimate of drug-likeness (QED) is 0.373. The number of oxazole rings is 1. The molecule has 0 spiro atoms. The van der Waals surface area contributed by atoms with Crippen molar-refractivity contribution >= 4 is 17.2 Å². The smallest absolute Gasteiger partial charge is 0.277 e. The molecule has 3 N–H and O–H groups in total. The van der Waals surface area contributed by atoms with E-state index in [0.29, 0.717) is 35.6 Å². The predicted octanol–water partition coefficient (Wildman–Crippen LogP) is 4.48. The van der Waals surface area contributed by atoms with Gasteiger partial charge in [0, 0.05) is 23.5 Å². The van der Waals surface area contributed by atoms with E-state index < -0.39 is 17.1 Å². The van der Waals surface area contributed by atoms with E-state index >= 15 is 0 Å². The van der Waals surface area contributed by atoms with Crippen LogP contribution in [0.4, 0.5) is 5.69 Å². The van der Waals surface area contributed by atoms with E-state index in [1.807, 2.05) is 37.4 Å². The Balaban J connectivity index is 1.63. The largest absolute Gasteiger partial charge is 0.444 e. The second-order valence-corrected chi connectivity index (χ2v) is 9.83. The number of benzene rings is 1. The molecule has 0 fully saturated rings. The van der Waals surface area contributed by atoms with Gasteiger partial charge in [0.15, 0.2) is 5.69 Å². The number of aromatic nitrogens is 3. The van der Waals surface area contributed by atoms with Crippen LogP contribution in [0.2, 0.25) is 0 Å². The molecule has 178 valence electrons. The van der Waals surface area contributed by atoms with Crippen molar-refractivity contribution in [2.75, 3.05) is 5.32 Å². The molecule has 1 amide bonds. The first-order valence-electron chi connectivity index (χ1n) is 11.2. The SMILES string of the molecule is Cc1cccc(-c2nc(C(=O)Nc3cn4cc(CCC(C)(C)O)nc4cc3C(C)(C)O)co2)c1. The van der Waals surface area contributed by atoms with Crippen molar-refractivity contribution in [2.45, 2.75) is 58.7 Å². The third-order valence-electron chi connectivity index (χ3n) is 5.54. The molecule has 0 radical (unpaired) electrons. The number of pyridine rings is 1. The molecule has 8 nitrogen and oxygen atoms in total. The molecule has 4 rings (SSSR count). The number of aryl methyl sites for hydroxylation is 2. The van der Waals surface area contributed by atoms with Crippen molar-refractivity contribution in [1.29, 1.82) is 0 Å². The fourth-order valence-corrected chi connectivity index (χ4v) is 3.72. The zero-order valence-electron chi connectivity index (χ0n) is 20.1. The van der Waals surface area contributed by atoms with Gasteiger partial charge in [-0.1, -0.05) is 17.7 Å². The molecule has 0 atom stereocenters. The first-order valence-corrected chi connectivity index (χ1v) is 11.2. The number of anilines is 1. The van der Waals surface area contributed by atoms with Gasteiger partial charge in [0.2, 0.25) is 5.89 Å². The third kappa shape index (κ3) is 5.35. The van der Waals surface area contributed by atoms with Crippen LogP contribution in [0.15, 0.2) is 53.4 Å². The standard InChI is InChI=1S/C26H30N4O4/c1-16-7-6-8-17(11-16)24-29-21(15-34-24)23(31)28-20-14-30-13-18(9-10-25(2,3)32)27-22(30)12-19(20)26(4,5)33/h6-8,11-15,32-33H,9-10H2,1-5H3,(H,28,31). The second kappa shape index (κ2) is 8.70. The number of imidazole rings is 1. The molecule has 3 aromatic heterocycles. The summed E-state index contributed by atoms with van der Waals surface area (Å²) in [6.45, 7) is 8.80. The molecule has 0 unspecified atom stereocenters. The summed E-state index contributed by atoms with van der Waals surface area (Å²) in [7, 11) is 0. The van der Waals surface area contributed by atoms with Crippen molar-refractivity contribution in [1.82, 2.24) is 14.4 Å². The summed E-state index contributed by atoms with van der Waals surface area (Å²) in [5, 5.41) is 23.6. The minimum atomic E-state index is -1.22. The van der Waals surface area contributed by atoms with E-state index in [2.05, 4.69) is 15.3 Å². The number of nitrogens with zero attached hydrogens (tertiary/aromatic N) is 3. The summed E-state index contributed by atoms with van der Waals surface area (Å²) < 4.78 is 7.33. The topological polar surface area (TPSA) is 113 Å². The van der Waals surface area contributed by atoms with E-state index in [9.17, 15) is 15.0 Å². The Morgan fingerprint density at radius 1 is 1.12 bits per heavy atom. The Kier molecular flexibility index (Phi) is 6.05. The molecule has 8 heteroatoms. The molecule has 0 saturated heterocycles. The van der Waals surface area contributed by atoms with Crippen molar-refractivity contribution in [2.24, 2.45) is 0 Å². The molecule has 4 aromatic rings. The van der Waals surface area contributed by atoms with Crippen LogP contribution in [0.3, 0.4) is 0 Å². The predicted molar refractivity (Wildman–Crippen MR) is 130 cm³/mol. The van der Waals surface area contributed by atoms with Crippen LogP contribution < -0.4 is 5.32 Å². The number of carbonyl (C=O) groups excluding carboxylic acids is 1. The number of aliphatic hydroxyl groups is 2. The molecule has 0 aliphatic carbocycles. The second-order valence-electron chi connectivity index (χ2n) is 9.83. The van der Waals surface area contributed by atoms with Gasteiger partial charge in [0.1, 0.15) is 11.9 Å². The van der Waals surface area contributed by atoms with Gasteiger partial charge >= 0.3 is 0 Å². The highest BCUT2D eigenvalue weighted by atomic mass is 16.3. The van der Waals surface area contributed by atoms with E-state index in [4.69, 9.17) is 4.42 Å². The molecule has 1 aromatic carbocycles. The lowest BCUT2D eigenvalue weighted by molar-refractivity contribution is 0.0711. The van der Waals surface area contributed by atoms with Crippen LogP contribution in [0.1, 0.15) is 61.4 Å². The van der Waals surface area contributed by atoms with Crippen LogP contribution in [-0.4, -0.2) is 36.1 Å². The summed E-state index contributed by atoms with van der Waals surface area (Å²) in [6, 6.07) is 9.43. The van der Waals surface area contributed by atoms with Crippen LogP contribution in [0, 0.1) is 6.92 Å². The van der Waals surface area contributed by atoms with Gasteiger partial charge in [-0.15, -0.1) is 0 Å². The fourth-order valence-electron chi connectivity index (χ4n) is 3.72. The van der Waals surface area contributed by atoms with Crippen LogP contribution >= 0.6 is 0 Å². The molecule has 0 bridgehead atoms. The van der Waals surface area contributed by atoms with Crippen LogP contribution in [-0.2, 0) is 12.0 Å². The first-order chi connectivity index (χ1) is 15.9. The molecule has 0 aliphatic rings. The average Bonchev–Trinajstić information content (AvgIpc) is 3.37.